The summed E-state index contributed by atoms with van der Waals surface area (Å²) in [6.45, 7) is 23.7. The Morgan fingerprint density at radius 1 is 1.04 bits per heavy atom. The summed E-state index contributed by atoms with van der Waals surface area (Å²) >= 11 is 0. The van der Waals surface area contributed by atoms with Crippen molar-refractivity contribution < 1.29 is 9.22 Å². The Morgan fingerprint density at radius 2 is 1.78 bits per heavy atom. The minimum atomic E-state index is -0.931. The smallest absolute Gasteiger partial charge is 0.220 e. The standard InChI is InChI=1S/C39H66N3O2Si/c1-28(2)45(37(4,5)6)44-34-23-24-39(9)32-20-17-29(3)30(31(32)18-21-33(39)38(34,7)8)19-22-36(43)42-27-14-11-10-13-25-40-35-16-12-15-26-41-35/h12,15-16,26,28,31-34H,10-11,13-14,17-25,27H2,1-9H3,(H,40,41)(H,42,43)/t31?,32?,33?,34-,39+/m0/s1. The summed E-state index contributed by atoms with van der Waals surface area (Å²) in [7, 11) is -0.931. The zero-order valence-electron chi connectivity index (χ0n) is 30.4. The third-order valence-electron chi connectivity index (χ3n) is 11.9. The molecule has 2 saturated carbocycles. The maximum absolute atomic E-state index is 12.9. The molecule has 5 atom stereocenters. The molecule has 5 nitrogen and oxygen atoms in total. The fraction of sp³-hybridized carbons (Fsp3) is 0.795. The lowest BCUT2D eigenvalue weighted by Crippen LogP contribution is -2.58. The van der Waals surface area contributed by atoms with Crippen LogP contribution in [0.1, 0.15) is 139 Å². The number of nitrogens with zero attached hydrogens (tertiary/aromatic N) is 1. The SMILES string of the molecule is CC1=C(CCC(=O)NCCCCCCNc2ccccn2)C2CCC3C(C)(C)[C@@H](O[Si](C(C)C)C(C)(C)C)CC[C@]3(C)C2CC1. The molecular weight excluding hydrogens is 571 g/mol. The van der Waals surface area contributed by atoms with Gasteiger partial charge in [-0.3, -0.25) is 4.79 Å². The minimum absolute atomic E-state index is 0.194. The lowest BCUT2D eigenvalue weighted by Gasteiger charge is -2.63. The average molecular weight is 637 g/mol. The highest BCUT2D eigenvalue weighted by Crippen LogP contribution is 2.65. The van der Waals surface area contributed by atoms with Gasteiger partial charge in [-0.05, 0) is 116 Å². The van der Waals surface area contributed by atoms with E-state index in [0.29, 0.717) is 35.3 Å². The highest BCUT2D eigenvalue weighted by atomic mass is 28.3. The Morgan fingerprint density at radius 3 is 2.44 bits per heavy atom. The van der Waals surface area contributed by atoms with Crippen molar-refractivity contribution >= 4 is 20.8 Å². The van der Waals surface area contributed by atoms with Crippen LogP contribution in [-0.2, 0) is 9.22 Å². The van der Waals surface area contributed by atoms with Crippen LogP contribution in [0.25, 0.3) is 0 Å². The lowest BCUT2D eigenvalue weighted by molar-refractivity contribution is -0.144. The number of hydrogen-bond acceptors (Lipinski definition) is 4. The van der Waals surface area contributed by atoms with Crippen LogP contribution in [0.3, 0.4) is 0 Å². The van der Waals surface area contributed by atoms with E-state index < -0.39 is 9.04 Å². The molecule has 3 unspecified atom stereocenters. The van der Waals surface area contributed by atoms with Crippen molar-refractivity contribution in [1.82, 2.24) is 10.3 Å². The predicted molar refractivity (Wildman–Crippen MR) is 192 cm³/mol. The van der Waals surface area contributed by atoms with Crippen molar-refractivity contribution in [1.29, 1.82) is 0 Å². The van der Waals surface area contributed by atoms with Crippen molar-refractivity contribution in [2.24, 2.45) is 28.6 Å². The molecule has 45 heavy (non-hydrogen) atoms. The van der Waals surface area contributed by atoms with Gasteiger partial charge in [0.25, 0.3) is 0 Å². The topological polar surface area (TPSA) is 63.2 Å². The van der Waals surface area contributed by atoms with Gasteiger partial charge in [0.15, 0.2) is 0 Å². The van der Waals surface area contributed by atoms with E-state index in [-0.39, 0.29) is 16.4 Å². The molecule has 0 bridgehead atoms. The van der Waals surface area contributed by atoms with Crippen LogP contribution in [0.5, 0.6) is 0 Å². The summed E-state index contributed by atoms with van der Waals surface area (Å²) in [5, 5.41) is 6.85. The summed E-state index contributed by atoms with van der Waals surface area (Å²) in [4.78, 5) is 17.2. The number of carbonyl (C=O) groups excluding carboxylic acids is 1. The van der Waals surface area contributed by atoms with Crippen LogP contribution in [0, 0.1) is 28.6 Å². The van der Waals surface area contributed by atoms with E-state index in [1.165, 1.54) is 44.9 Å². The van der Waals surface area contributed by atoms with Gasteiger partial charge in [0.1, 0.15) is 5.82 Å². The van der Waals surface area contributed by atoms with Crippen LogP contribution < -0.4 is 10.6 Å². The number of allylic oxidation sites excluding steroid dienone is 2. The molecule has 6 heteroatoms. The molecule has 253 valence electrons. The first-order valence-electron chi connectivity index (χ1n) is 18.4. The van der Waals surface area contributed by atoms with Crippen molar-refractivity contribution in [3.8, 4) is 0 Å². The molecule has 0 spiro atoms. The van der Waals surface area contributed by atoms with Gasteiger partial charge in [0.05, 0.1) is 6.10 Å². The molecule has 0 saturated heterocycles. The van der Waals surface area contributed by atoms with Crippen molar-refractivity contribution in [2.75, 3.05) is 18.4 Å². The number of hydrogen-bond donors (Lipinski definition) is 2. The molecule has 1 aromatic rings. The molecule has 2 fully saturated rings. The van der Waals surface area contributed by atoms with Gasteiger partial charge in [-0.2, -0.15) is 0 Å². The second-order valence-electron chi connectivity index (χ2n) is 16.8. The molecule has 3 aliphatic carbocycles. The number of anilines is 1. The number of fused-ring (bicyclic) bond motifs is 3. The van der Waals surface area contributed by atoms with E-state index in [4.69, 9.17) is 4.43 Å². The fourth-order valence-electron chi connectivity index (χ4n) is 9.81. The van der Waals surface area contributed by atoms with Gasteiger partial charge in [-0.1, -0.05) is 85.4 Å². The Balaban J connectivity index is 1.25. The van der Waals surface area contributed by atoms with Crippen LogP contribution in [-0.4, -0.2) is 39.1 Å². The number of amides is 1. The zero-order valence-corrected chi connectivity index (χ0v) is 31.4. The number of unbranched alkanes of at least 4 members (excludes halogenated alkanes) is 3. The first kappa shape index (κ1) is 36.2. The maximum atomic E-state index is 12.9. The van der Waals surface area contributed by atoms with Crippen LogP contribution in [0.4, 0.5) is 5.82 Å². The third kappa shape index (κ3) is 8.83. The third-order valence-corrected chi connectivity index (χ3v) is 15.0. The summed E-state index contributed by atoms with van der Waals surface area (Å²) in [5.41, 5.74) is 4.39. The molecule has 1 amide bonds. The maximum Gasteiger partial charge on any atom is 0.220 e. The van der Waals surface area contributed by atoms with Crippen molar-refractivity contribution in [3.63, 3.8) is 0 Å². The Hall–Kier alpha value is -1.66. The monoisotopic (exact) mass is 636 g/mol. The van der Waals surface area contributed by atoms with Crippen LogP contribution in [0.2, 0.25) is 10.6 Å². The van der Waals surface area contributed by atoms with Crippen LogP contribution in [0.15, 0.2) is 35.5 Å². The van der Waals surface area contributed by atoms with Gasteiger partial charge >= 0.3 is 0 Å². The zero-order chi connectivity index (χ0) is 32.8. The molecule has 1 heterocycles. The number of pyridine rings is 1. The van der Waals surface area contributed by atoms with E-state index in [2.05, 4.69) is 77.9 Å². The Labute approximate surface area is 278 Å². The molecular formula is C39H66N3O2Si. The van der Waals surface area contributed by atoms with Gasteiger partial charge < -0.3 is 15.1 Å². The summed E-state index contributed by atoms with van der Waals surface area (Å²) < 4.78 is 7.19. The van der Waals surface area contributed by atoms with Crippen molar-refractivity contribution in [3.05, 3.63) is 35.5 Å². The molecule has 2 N–H and O–H groups in total. The van der Waals surface area contributed by atoms with Gasteiger partial charge in [0, 0.05) is 25.7 Å². The summed E-state index contributed by atoms with van der Waals surface area (Å²) in [6, 6.07) is 5.95. The molecule has 0 aromatic carbocycles. The number of aromatic nitrogens is 1. The highest BCUT2D eigenvalue weighted by molar-refractivity contribution is 6.56. The van der Waals surface area contributed by atoms with E-state index in [1.807, 2.05) is 24.4 Å². The first-order valence-corrected chi connectivity index (χ1v) is 19.9. The summed E-state index contributed by atoms with van der Waals surface area (Å²) in [5.74, 6) is 3.27. The number of carbonyl (C=O) groups is 1. The molecule has 1 radical (unpaired) electrons. The molecule has 3 aliphatic rings. The van der Waals surface area contributed by atoms with E-state index in [0.717, 1.165) is 50.5 Å². The fourth-order valence-corrected chi connectivity index (χ4v) is 12.9. The average Bonchev–Trinajstić information content (AvgIpc) is 2.97. The first-order chi connectivity index (χ1) is 21.2. The number of rotatable bonds is 14. The van der Waals surface area contributed by atoms with E-state index in [1.54, 1.807) is 11.1 Å². The predicted octanol–water partition coefficient (Wildman–Crippen LogP) is 10.1. The lowest BCUT2D eigenvalue weighted by atomic mass is 9.43. The molecule has 4 rings (SSSR count). The van der Waals surface area contributed by atoms with Crippen molar-refractivity contribution in [2.45, 2.75) is 156 Å². The second kappa shape index (κ2) is 15.5. The highest BCUT2D eigenvalue weighted by Gasteiger charge is 2.59. The molecule has 1 aromatic heterocycles. The van der Waals surface area contributed by atoms with Gasteiger partial charge in [0.2, 0.25) is 14.9 Å². The Kier molecular flexibility index (Phi) is 12.5. The number of nitrogens with one attached hydrogen (secondary N) is 2. The van der Waals surface area contributed by atoms with E-state index >= 15 is 0 Å². The largest absolute Gasteiger partial charge is 0.412 e. The molecule has 0 aliphatic heterocycles. The minimum Gasteiger partial charge on any atom is -0.412 e. The normalized spacial score (nSPS) is 28.2. The van der Waals surface area contributed by atoms with Crippen LogP contribution >= 0.6 is 0 Å². The quantitative estimate of drug-likeness (QED) is 0.121. The Bertz CT molecular complexity index is 1130. The second-order valence-corrected chi connectivity index (χ2v) is 20.5. The van der Waals surface area contributed by atoms with E-state index in [9.17, 15) is 4.79 Å². The summed E-state index contributed by atoms with van der Waals surface area (Å²) in [6.07, 6.45) is 15.9. The van der Waals surface area contributed by atoms with Gasteiger partial charge in [-0.25, -0.2) is 4.98 Å². The van der Waals surface area contributed by atoms with Gasteiger partial charge in [-0.15, -0.1) is 0 Å².